The maximum atomic E-state index is 13.2. The zero-order valence-electron chi connectivity index (χ0n) is 20.7. The van der Waals surface area contributed by atoms with E-state index in [1.165, 1.54) is 16.1 Å². The summed E-state index contributed by atoms with van der Waals surface area (Å²) < 4.78 is 29.7. The van der Waals surface area contributed by atoms with Crippen LogP contribution in [0, 0.1) is 6.92 Å². The van der Waals surface area contributed by atoms with Crippen LogP contribution in [-0.4, -0.2) is 52.2 Å². The van der Waals surface area contributed by atoms with Crippen molar-refractivity contribution in [3.05, 3.63) is 83.4 Å². The summed E-state index contributed by atoms with van der Waals surface area (Å²) >= 11 is 7.42. The number of hydrogen-bond acceptors (Lipinski definition) is 6. The minimum atomic E-state index is -3.59. The summed E-state index contributed by atoms with van der Waals surface area (Å²) in [4.78, 5) is 12.9. The summed E-state index contributed by atoms with van der Waals surface area (Å²) in [7, 11) is -3.59. The van der Waals surface area contributed by atoms with E-state index in [2.05, 4.69) is 15.5 Å². The van der Waals surface area contributed by atoms with Crippen molar-refractivity contribution < 1.29 is 13.2 Å². The lowest BCUT2D eigenvalue weighted by Gasteiger charge is -2.16. The smallest absolute Gasteiger partial charge is 0.243 e. The molecule has 0 radical (unpaired) electrons. The van der Waals surface area contributed by atoms with Crippen LogP contribution in [0.25, 0.3) is 17.1 Å². The predicted molar refractivity (Wildman–Crippen MR) is 150 cm³/mol. The van der Waals surface area contributed by atoms with Gasteiger partial charge in [-0.05, 0) is 61.7 Å². The number of thioether (sulfide) groups is 1. The zero-order valence-corrected chi connectivity index (χ0v) is 23.1. The summed E-state index contributed by atoms with van der Waals surface area (Å²) in [6.07, 6.45) is 1.73. The molecule has 1 aliphatic heterocycles. The van der Waals surface area contributed by atoms with Crippen molar-refractivity contribution in [2.45, 2.75) is 29.8 Å². The first kappa shape index (κ1) is 26.4. The van der Waals surface area contributed by atoms with Crippen LogP contribution in [0.15, 0.2) is 82.8 Å². The number of aromatic nitrogens is 3. The van der Waals surface area contributed by atoms with Crippen molar-refractivity contribution in [1.29, 1.82) is 0 Å². The number of rotatable bonds is 8. The molecule has 1 amide bonds. The fraction of sp³-hybridized carbons (Fsp3) is 0.222. The molecule has 0 aliphatic carbocycles. The van der Waals surface area contributed by atoms with E-state index in [4.69, 9.17) is 11.6 Å². The molecule has 8 nitrogen and oxygen atoms in total. The summed E-state index contributed by atoms with van der Waals surface area (Å²) in [6.45, 7) is 2.96. The van der Waals surface area contributed by atoms with Gasteiger partial charge in [0.15, 0.2) is 11.0 Å². The Hall–Kier alpha value is -3.18. The Labute approximate surface area is 231 Å². The van der Waals surface area contributed by atoms with E-state index in [0.717, 1.165) is 24.1 Å². The fourth-order valence-electron chi connectivity index (χ4n) is 4.23. The number of nitrogens with one attached hydrogen (secondary N) is 1. The first-order valence-electron chi connectivity index (χ1n) is 12.1. The van der Waals surface area contributed by atoms with E-state index in [-0.39, 0.29) is 16.6 Å². The molecular formula is C27H26ClN5O3S2. The third kappa shape index (κ3) is 5.63. The number of nitrogens with zero attached hydrogens (tertiary/aromatic N) is 4. The third-order valence-corrected chi connectivity index (χ3v) is 9.46. The number of carbonyl (C=O) groups excluding carboxylic acids is 1. The average Bonchev–Trinajstić information content (AvgIpc) is 3.61. The van der Waals surface area contributed by atoms with Crippen molar-refractivity contribution >= 4 is 45.0 Å². The van der Waals surface area contributed by atoms with Gasteiger partial charge < -0.3 is 5.32 Å². The van der Waals surface area contributed by atoms with Gasteiger partial charge in [-0.2, -0.15) is 4.31 Å². The topological polar surface area (TPSA) is 97.2 Å². The standard InChI is InChI=1S/C27H26ClN5O3S2/c1-19-12-13-21(17-24(19)28)29-25(34)18-37-27-31-30-26(33(27)22-9-3-2-4-10-22)20-8-7-11-23(16-20)38(35,36)32-14-5-6-15-32/h2-4,7-13,16-17H,5-6,14-15,18H2,1H3,(H,29,34). The predicted octanol–water partition coefficient (Wildman–Crippen LogP) is 5.41. The molecule has 3 aromatic carbocycles. The van der Waals surface area contributed by atoms with E-state index in [1.54, 1.807) is 30.3 Å². The number of halogens is 1. The molecule has 0 unspecified atom stereocenters. The Kier molecular flexibility index (Phi) is 7.85. The summed E-state index contributed by atoms with van der Waals surface area (Å²) in [5.74, 6) is 0.375. The molecule has 1 aliphatic rings. The highest BCUT2D eigenvalue weighted by molar-refractivity contribution is 7.99. The molecule has 196 valence electrons. The molecule has 0 saturated carbocycles. The molecule has 1 N–H and O–H groups in total. The normalized spacial score (nSPS) is 14.1. The average molecular weight is 568 g/mol. The molecule has 11 heteroatoms. The molecule has 0 spiro atoms. The van der Waals surface area contributed by atoms with Crippen molar-refractivity contribution in [2.75, 3.05) is 24.2 Å². The second-order valence-corrected chi connectivity index (χ2v) is 12.2. The van der Waals surface area contributed by atoms with Gasteiger partial charge in [-0.15, -0.1) is 10.2 Å². The number of para-hydroxylation sites is 1. The Morgan fingerprint density at radius 2 is 1.76 bits per heavy atom. The quantitative estimate of drug-likeness (QED) is 0.286. The number of aryl methyl sites for hydroxylation is 1. The molecule has 2 heterocycles. The van der Waals surface area contributed by atoms with Crippen LogP contribution in [-0.2, 0) is 14.8 Å². The minimum Gasteiger partial charge on any atom is -0.325 e. The maximum absolute atomic E-state index is 13.2. The first-order chi connectivity index (χ1) is 18.3. The van der Waals surface area contributed by atoms with Gasteiger partial charge in [-0.3, -0.25) is 9.36 Å². The Balaban J connectivity index is 1.43. The highest BCUT2D eigenvalue weighted by atomic mass is 35.5. The SMILES string of the molecule is Cc1ccc(NC(=O)CSc2nnc(-c3cccc(S(=O)(=O)N4CCCC4)c3)n2-c2ccccc2)cc1Cl. The van der Waals surface area contributed by atoms with Crippen LogP contribution in [0.1, 0.15) is 18.4 Å². The van der Waals surface area contributed by atoms with E-state index >= 15 is 0 Å². The van der Waals surface area contributed by atoms with Gasteiger partial charge in [0.1, 0.15) is 0 Å². The molecular weight excluding hydrogens is 542 g/mol. The summed E-state index contributed by atoms with van der Waals surface area (Å²) in [5, 5.41) is 12.7. The molecule has 0 bridgehead atoms. The van der Waals surface area contributed by atoms with Crippen molar-refractivity contribution in [3.8, 4) is 17.1 Å². The number of benzene rings is 3. The van der Waals surface area contributed by atoms with Crippen molar-refractivity contribution in [1.82, 2.24) is 19.1 Å². The lowest BCUT2D eigenvalue weighted by molar-refractivity contribution is -0.113. The third-order valence-electron chi connectivity index (χ3n) is 6.23. The van der Waals surface area contributed by atoms with Crippen molar-refractivity contribution in [2.24, 2.45) is 0 Å². The highest BCUT2D eigenvalue weighted by Gasteiger charge is 2.28. The van der Waals surface area contributed by atoms with Gasteiger partial charge in [-0.1, -0.05) is 59.8 Å². The van der Waals surface area contributed by atoms with Crippen molar-refractivity contribution in [3.63, 3.8) is 0 Å². The molecule has 1 saturated heterocycles. The molecule has 1 aromatic heterocycles. The van der Waals surface area contributed by atoms with Gasteiger partial charge in [0.2, 0.25) is 15.9 Å². The number of amides is 1. The Bertz CT molecular complexity index is 1570. The van der Waals surface area contributed by atoms with Crippen LogP contribution in [0.5, 0.6) is 0 Å². The monoisotopic (exact) mass is 567 g/mol. The summed E-state index contributed by atoms with van der Waals surface area (Å²) in [6, 6.07) is 21.7. The largest absolute Gasteiger partial charge is 0.325 e. The zero-order chi connectivity index (χ0) is 26.7. The highest BCUT2D eigenvalue weighted by Crippen LogP contribution is 2.30. The number of hydrogen-bond donors (Lipinski definition) is 1. The minimum absolute atomic E-state index is 0.0971. The fourth-order valence-corrected chi connectivity index (χ4v) is 6.73. The molecule has 0 atom stereocenters. The van der Waals surface area contributed by atoms with Gasteiger partial charge in [0, 0.05) is 35.1 Å². The van der Waals surface area contributed by atoms with Gasteiger partial charge in [-0.25, -0.2) is 8.42 Å². The molecule has 1 fully saturated rings. The van der Waals surface area contributed by atoms with E-state index in [0.29, 0.717) is 40.3 Å². The molecule has 4 aromatic rings. The number of anilines is 1. The van der Waals surface area contributed by atoms with E-state index < -0.39 is 10.0 Å². The lowest BCUT2D eigenvalue weighted by Crippen LogP contribution is -2.27. The number of carbonyl (C=O) groups is 1. The van der Waals surface area contributed by atoms with E-state index in [9.17, 15) is 13.2 Å². The maximum Gasteiger partial charge on any atom is 0.243 e. The lowest BCUT2D eigenvalue weighted by atomic mass is 10.2. The Morgan fingerprint density at radius 1 is 1.00 bits per heavy atom. The van der Waals surface area contributed by atoms with Gasteiger partial charge in [0.25, 0.3) is 0 Å². The van der Waals surface area contributed by atoms with Gasteiger partial charge in [0.05, 0.1) is 10.6 Å². The van der Waals surface area contributed by atoms with Crippen LogP contribution < -0.4 is 5.32 Å². The van der Waals surface area contributed by atoms with E-state index in [1.807, 2.05) is 54.0 Å². The second kappa shape index (κ2) is 11.3. The van der Waals surface area contributed by atoms with Crippen LogP contribution in [0.2, 0.25) is 5.02 Å². The second-order valence-electron chi connectivity index (χ2n) is 8.92. The molecule has 38 heavy (non-hydrogen) atoms. The van der Waals surface area contributed by atoms with Crippen LogP contribution >= 0.6 is 23.4 Å². The van der Waals surface area contributed by atoms with Gasteiger partial charge >= 0.3 is 0 Å². The summed E-state index contributed by atoms with van der Waals surface area (Å²) in [5.41, 5.74) is 2.97. The van der Waals surface area contributed by atoms with Crippen LogP contribution in [0.4, 0.5) is 5.69 Å². The first-order valence-corrected chi connectivity index (χ1v) is 14.9. The molecule has 5 rings (SSSR count). The Morgan fingerprint density at radius 3 is 2.50 bits per heavy atom. The van der Waals surface area contributed by atoms with Crippen LogP contribution in [0.3, 0.4) is 0 Å². The number of sulfonamides is 1.